The van der Waals surface area contributed by atoms with Gasteiger partial charge in [0.15, 0.2) is 0 Å². The molecule has 0 aliphatic rings. The standard InChI is InChI=1S/C11H15O3/c1-3-13-10-5-6-11(14-4-2)9(7-10)8-12/h5-7H,3-4,8H2,1-2H3. The Morgan fingerprint density at radius 3 is 2.43 bits per heavy atom. The molecule has 14 heavy (non-hydrogen) atoms. The first kappa shape index (κ1) is 10.9. The maximum absolute atomic E-state index is 10.8. The molecule has 1 aromatic carbocycles. The fourth-order valence-corrected chi connectivity index (χ4v) is 1.22. The summed E-state index contributed by atoms with van der Waals surface area (Å²) in [5.74, 6) is 1.38. The Morgan fingerprint density at radius 1 is 1.14 bits per heavy atom. The lowest BCUT2D eigenvalue weighted by atomic mass is 10.2. The summed E-state index contributed by atoms with van der Waals surface area (Å²) in [6.07, 6.45) is 0. The Balaban J connectivity index is 2.87. The van der Waals surface area contributed by atoms with Crippen LogP contribution in [0.3, 0.4) is 0 Å². The average Bonchev–Trinajstić information content (AvgIpc) is 2.21. The van der Waals surface area contributed by atoms with Crippen molar-refractivity contribution in [3.63, 3.8) is 0 Å². The van der Waals surface area contributed by atoms with Gasteiger partial charge < -0.3 is 9.47 Å². The van der Waals surface area contributed by atoms with E-state index in [1.807, 2.05) is 19.9 Å². The molecule has 0 heterocycles. The lowest BCUT2D eigenvalue weighted by Gasteiger charge is -2.09. The van der Waals surface area contributed by atoms with Gasteiger partial charge in [-0.3, -0.25) is 0 Å². The van der Waals surface area contributed by atoms with E-state index >= 15 is 0 Å². The monoisotopic (exact) mass is 195 g/mol. The van der Waals surface area contributed by atoms with Crippen LogP contribution in [0.25, 0.3) is 0 Å². The molecule has 1 aromatic rings. The van der Waals surface area contributed by atoms with Crippen LogP contribution in [-0.2, 0) is 11.7 Å². The molecule has 3 nitrogen and oxygen atoms in total. The van der Waals surface area contributed by atoms with E-state index in [2.05, 4.69) is 0 Å². The molecule has 0 bridgehead atoms. The zero-order valence-electron chi connectivity index (χ0n) is 8.58. The molecule has 0 aliphatic heterocycles. The molecule has 0 saturated heterocycles. The Labute approximate surface area is 84.3 Å². The second kappa shape index (κ2) is 5.50. The number of hydrogen-bond donors (Lipinski definition) is 0. The van der Waals surface area contributed by atoms with Crippen LogP contribution >= 0.6 is 0 Å². The van der Waals surface area contributed by atoms with Crippen molar-refractivity contribution in [1.82, 2.24) is 0 Å². The zero-order chi connectivity index (χ0) is 10.4. The average molecular weight is 195 g/mol. The van der Waals surface area contributed by atoms with Gasteiger partial charge in [0.1, 0.15) is 18.1 Å². The van der Waals surface area contributed by atoms with Crippen molar-refractivity contribution in [3.05, 3.63) is 23.8 Å². The van der Waals surface area contributed by atoms with E-state index in [-0.39, 0.29) is 6.61 Å². The molecular formula is C11H15O3. The molecule has 77 valence electrons. The van der Waals surface area contributed by atoms with E-state index in [0.717, 1.165) is 5.75 Å². The van der Waals surface area contributed by atoms with Gasteiger partial charge in [-0.15, -0.1) is 0 Å². The van der Waals surface area contributed by atoms with Crippen molar-refractivity contribution in [2.24, 2.45) is 0 Å². The van der Waals surface area contributed by atoms with E-state index < -0.39 is 0 Å². The quantitative estimate of drug-likeness (QED) is 0.723. The molecule has 0 atom stereocenters. The molecular weight excluding hydrogens is 180 g/mol. The van der Waals surface area contributed by atoms with Gasteiger partial charge in [0, 0.05) is 5.56 Å². The first-order valence-corrected chi connectivity index (χ1v) is 4.78. The fraction of sp³-hybridized carbons (Fsp3) is 0.455. The first-order chi connectivity index (χ1) is 6.81. The third-order valence-corrected chi connectivity index (χ3v) is 1.80. The smallest absolute Gasteiger partial charge is 0.125 e. The first-order valence-electron chi connectivity index (χ1n) is 4.78. The predicted octanol–water partition coefficient (Wildman–Crippen LogP) is 2.41. The highest BCUT2D eigenvalue weighted by atomic mass is 16.5. The number of hydrogen-bond acceptors (Lipinski definition) is 2. The minimum Gasteiger partial charge on any atom is -0.494 e. The number of rotatable bonds is 5. The predicted molar refractivity (Wildman–Crippen MR) is 53.2 cm³/mol. The van der Waals surface area contributed by atoms with Gasteiger partial charge in [-0.1, -0.05) is 0 Å². The van der Waals surface area contributed by atoms with Gasteiger partial charge in [-0.2, -0.15) is 0 Å². The number of ether oxygens (including phenoxy) is 2. The lowest BCUT2D eigenvalue weighted by Crippen LogP contribution is -1.98. The van der Waals surface area contributed by atoms with E-state index in [1.54, 1.807) is 12.1 Å². The normalized spacial score (nSPS) is 9.93. The van der Waals surface area contributed by atoms with Crippen LogP contribution in [0.15, 0.2) is 18.2 Å². The van der Waals surface area contributed by atoms with Gasteiger partial charge in [0.25, 0.3) is 0 Å². The maximum Gasteiger partial charge on any atom is 0.125 e. The molecule has 0 N–H and O–H groups in total. The molecule has 0 amide bonds. The lowest BCUT2D eigenvalue weighted by molar-refractivity contribution is 0.172. The van der Waals surface area contributed by atoms with Crippen LogP contribution in [0.1, 0.15) is 19.4 Å². The van der Waals surface area contributed by atoms with Crippen LogP contribution in [-0.4, -0.2) is 13.2 Å². The van der Waals surface area contributed by atoms with Crippen molar-refractivity contribution in [1.29, 1.82) is 0 Å². The van der Waals surface area contributed by atoms with Crippen molar-refractivity contribution >= 4 is 0 Å². The van der Waals surface area contributed by atoms with E-state index in [0.29, 0.717) is 24.5 Å². The summed E-state index contributed by atoms with van der Waals surface area (Å²) in [5, 5.41) is 10.8. The molecule has 0 saturated carbocycles. The highest BCUT2D eigenvalue weighted by Crippen LogP contribution is 2.24. The van der Waals surface area contributed by atoms with Crippen LogP contribution in [0.4, 0.5) is 0 Å². The molecule has 0 aliphatic carbocycles. The molecule has 0 fully saturated rings. The molecule has 0 aromatic heterocycles. The molecule has 1 rings (SSSR count). The summed E-state index contributed by atoms with van der Waals surface area (Å²) in [5.41, 5.74) is 0.651. The summed E-state index contributed by atoms with van der Waals surface area (Å²) in [6, 6.07) is 5.33. The third kappa shape index (κ3) is 2.64. The van der Waals surface area contributed by atoms with E-state index in [1.165, 1.54) is 0 Å². The summed E-state index contributed by atoms with van der Waals surface area (Å²) in [7, 11) is 0. The zero-order valence-corrected chi connectivity index (χ0v) is 8.58. The van der Waals surface area contributed by atoms with Gasteiger partial charge in [-0.25, -0.2) is 5.11 Å². The van der Waals surface area contributed by atoms with Crippen LogP contribution in [0, 0.1) is 0 Å². The van der Waals surface area contributed by atoms with Crippen LogP contribution in [0.2, 0.25) is 0 Å². The van der Waals surface area contributed by atoms with Crippen molar-refractivity contribution < 1.29 is 14.6 Å². The molecule has 0 spiro atoms. The molecule has 3 heteroatoms. The second-order valence-corrected chi connectivity index (χ2v) is 2.78. The molecule has 1 radical (unpaired) electrons. The van der Waals surface area contributed by atoms with Crippen molar-refractivity contribution in [3.8, 4) is 11.5 Å². The van der Waals surface area contributed by atoms with Gasteiger partial charge >= 0.3 is 0 Å². The fourth-order valence-electron chi connectivity index (χ4n) is 1.22. The topological polar surface area (TPSA) is 38.4 Å². The van der Waals surface area contributed by atoms with Crippen LogP contribution < -0.4 is 9.47 Å². The maximum atomic E-state index is 10.8. The SMILES string of the molecule is CCOc1ccc(OCC)c(C[O])c1. The summed E-state index contributed by atoms with van der Waals surface area (Å²) < 4.78 is 10.6. The highest BCUT2D eigenvalue weighted by molar-refractivity contribution is 5.39. The molecule has 0 unspecified atom stereocenters. The van der Waals surface area contributed by atoms with Gasteiger partial charge in [0.05, 0.1) is 13.2 Å². The number of benzene rings is 1. The Kier molecular flexibility index (Phi) is 4.26. The Bertz CT molecular complexity index is 284. The largest absolute Gasteiger partial charge is 0.494 e. The summed E-state index contributed by atoms with van der Waals surface area (Å²) >= 11 is 0. The van der Waals surface area contributed by atoms with E-state index in [9.17, 15) is 5.11 Å². The Hall–Kier alpha value is -1.22. The minimum atomic E-state index is -0.282. The van der Waals surface area contributed by atoms with Gasteiger partial charge in [0.2, 0.25) is 0 Å². The second-order valence-electron chi connectivity index (χ2n) is 2.78. The Morgan fingerprint density at radius 2 is 1.86 bits per heavy atom. The van der Waals surface area contributed by atoms with Crippen molar-refractivity contribution in [2.45, 2.75) is 20.5 Å². The summed E-state index contributed by atoms with van der Waals surface area (Å²) in [4.78, 5) is 0. The van der Waals surface area contributed by atoms with E-state index in [4.69, 9.17) is 9.47 Å². The highest BCUT2D eigenvalue weighted by Gasteiger charge is 2.04. The summed E-state index contributed by atoms with van der Waals surface area (Å²) in [6.45, 7) is 4.70. The van der Waals surface area contributed by atoms with Crippen LogP contribution in [0.5, 0.6) is 11.5 Å². The van der Waals surface area contributed by atoms with Crippen molar-refractivity contribution in [2.75, 3.05) is 13.2 Å². The minimum absolute atomic E-state index is 0.282. The van der Waals surface area contributed by atoms with Gasteiger partial charge in [-0.05, 0) is 32.0 Å². The third-order valence-electron chi connectivity index (χ3n) is 1.80.